The standard InChI is InChI=1S/C9H21ClNO4/c1-6(12)11(7(2)13,8(3)14)5-9(15)4-10/h6-9,12-15H,4-5H2,1-3H3/q+1. The van der Waals surface area contributed by atoms with Crippen molar-refractivity contribution in [2.75, 3.05) is 12.4 Å². The Kier molecular flexibility index (Phi) is 6.02. The summed E-state index contributed by atoms with van der Waals surface area (Å²) < 4.78 is -0.409. The van der Waals surface area contributed by atoms with Crippen LogP contribution in [0.15, 0.2) is 0 Å². The number of hydrogen-bond donors (Lipinski definition) is 4. The molecule has 4 atom stereocenters. The van der Waals surface area contributed by atoms with Crippen LogP contribution in [0, 0.1) is 0 Å². The molecular weight excluding hydrogens is 222 g/mol. The van der Waals surface area contributed by atoms with Gasteiger partial charge in [-0.15, -0.1) is 11.6 Å². The van der Waals surface area contributed by atoms with E-state index in [9.17, 15) is 20.4 Å². The third kappa shape index (κ3) is 3.27. The lowest BCUT2D eigenvalue weighted by Crippen LogP contribution is -2.67. The Morgan fingerprint density at radius 1 is 0.933 bits per heavy atom. The molecule has 0 aliphatic heterocycles. The maximum atomic E-state index is 9.65. The van der Waals surface area contributed by atoms with Gasteiger partial charge in [0.25, 0.3) is 0 Å². The molecule has 0 saturated heterocycles. The molecule has 0 aromatic heterocycles. The fourth-order valence-corrected chi connectivity index (χ4v) is 1.91. The van der Waals surface area contributed by atoms with Gasteiger partial charge in [0.15, 0.2) is 18.7 Å². The van der Waals surface area contributed by atoms with Gasteiger partial charge < -0.3 is 20.4 Å². The summed E-state index contributed by atoms with van der Waals surface area (Å²) in [6.45, 7) is 4.37. The van der Waals surface area contributed by atoms with Gasteiger partial charge in [0, 0.05) is 20.8 Å². The van der Waals surface area contributed by atoms with Crippen molar-refractivity contribution in [3.63, 3.8) is 0 Å². The second-order valence-electron chi connectivity index (χ2n) is 3.88. The second-order valence-corrected chi connectivity index (χ2v) is 4.19. The number of alkyl halides is 1. The van der Waals surface area contributed by atoms with Crippen molar-refractivity contribution >= 4 is 11.6 Å². The number of rotatable bonds is 6. The summed E-state index contributed by atoms with van der Waals surface area (Å²) in [5.74, 6) is -0.00778. The van der Waals surface area contributed by atoms with Crippen molar-refractivity contribution < 1.29 is 24.9 Å². The summed E-state index contributed by atoms with van der Waals surface area (Å²) in [5.41, 5.74) is 0. The van der Waals surface area contributed by atoms with Crippen LogP contribution in [0.4, 0.5) is 0 Å². The molecule has 0 radical (unpaired) electrons. The molecule has 0 bridgehead atoms. The fourth-order valence-electron chi connectivity index (χ4n) is 1.81. The van der Waals surface area contributed by atoms with Crippen molar-refractivity contribution in [2.45, 2.75) is 45.6 Å². The molecule has 0 heterocycles. The first-order valence-electron chi connectivity index (χ1n) is 4.94. The molecule has 0 amide bonds. The summed E-state index contributed by atoms with van der Waals surface area (Å²) >= 11 is 5.47. The van der Waals surface area contributed by atoms with Crippen molar-refractivity contribution in [3.8, 4) is 0 Å². The molecule has 0 aromatic rings. The zero-order valence-corrected chi connectivity index (χ0v) is 10.1. The van der Waals surface area contributed by atoms with E-state index in [1.165, 1.54) is 20.8 Å². The summed E-state index contributed by atoms with van der Waals surface area (Å²) in [5, 5.41) is 38.4. The Labute approximate surface area is 95.1 Å². The lowest BCUT2D eigenvalue weighted by molar-refractivity contribution is -1.04. The molecule has 0 aliphatic carbocycles. The zero-order valence-electron chi connectivity index (χ0n) is 9.34. The first kappa shape index (κ1) is 15.1. The highest BCUT2D eigenvalue weighted by molar-refractivity contribution is 6.18. The number of hydrogen-bond acceptors (Lipinski definition) is 4. The molecule has 4 unspecified atom stereocenters. The van der Waals surface area contributed by atoms with E-state index in [1.54, 1.807) is 0 Å². The van der Waals surface area contributed by atoms with Crippen molar-refractivity contribution in [2.24, 2.45) is 0 Å². The summed E-state index contributed by atoms with van der Waals surface area (Å²) in [7, 11) is 0. The van der Waals surface area contributed by atoms with Crippen molar-refractivity contribution in [3.05, 3.63) is 0 Å². The number of nitrogens with zero attached hydrogens (tertiary/aromatic N) is 1. The highest BCUT2D eigenvalue weighted by Crippen LogP contribution is 2.22. The van der Waals surface area contributed by atoms with Crippen LogP contribution in [-0.2, 0) is 0 Å². The maximum Gasteiger partial charge on any atom is 0.191 e. The molecule has 6 heteroatoms. The first-order valence-corrected chi connectivity index (χ1v) is 5.47. The summed E-state index contributed by atoms with van der Waals surface area (Å²) in [6.07, 6.45) is -3.88. The van der Waals surface area contributed by atoms with E-state index in [0.29, 0.717) is 0 Å². The van der Waals surface area contributed by atoms with E-state index in [-0.39, 0.29) is 12.4 Å². The summed E-state index contributed by atoms with van der Waals surface area (Å²) in [6, 6.07) is 0. The van der Waals surface area contributed by atoms with E-state index in [1.807, 2.05) is 0 Å². The maximum absolute atomic E-state index is 9.65. The van der Waals surface area contributed by atoms with Crippen LogP contribution < -0.4 is 0 Å². The van der Waals surface area contributed by atoms with E-state index >= 15 is 0 Å². The highest BCUT2D eigenvalue weighted by Gasteiger charge is 2.43. The lowest BCUT2D eigenvalue weighted by atomic mass is 10.2. The summed E-state index contributed by atoms with van der Waals surface area (Å²) in [4.78, 5) is 0. The van der Waals surface area contributed by atoms with Crippen LogP contribution in [0.5, 0.6) is 0 Å². The van der Waals surface area contributed by atoms with E-state index < -0.39 is 29.3 Å². The van der Waals surface area contributed by atoms with Gasteiger partial charge in [-0.25, -0.2) is 4.48 Å². The van der Waals surface area contributed by atoms with E-state index in [4.69, 9.17) is 11.6 Å². The third-order valence-corrected chi connectivity index (χ3v) is 3.15. The Morgan fingerprint density at radius 3 is 1.47 bits per heavy atom. The predicted octanol–water partition coefficient (Wildman–Crippen LogP) is -0.582. The van der Waals surface area contributed by atoms with Gasteiger partial charge in [-0.2, -0.15) is 0 Å². The Balaban J connectivity index is 4.96. The number of quaternary nitrogens is 1. The lowest BCUT2D eigenvalue weighted by Gasteiger charge is -2.46. The minimum absolute atomic E-state index is 0.00347. The average Bonchev–Trinajstić information content (AvgIpc) is 2.11. The van der Waals surface area contributed by atoms with Gasteiger partial charge in [0.05, 0.1) is 5.88 Å². The van der Waals surface area contributed by atoms with Crippen LogP contribution in [0.25, 0.3) is 0 Å². The Hall–Kier alpha value is 0.0900. The molecule has 5 nitrogen and oxygen atoms in total. The quantitative estimate of drug-likeness (QED) is 0.285. The number of aliphatic hydroxyl groups excluding tert-OH is 4. The number of aliphatic hydroxyl groups is 4. The molecule has 0 rings (SSSR count). The van der Waals surface area contributed by atoms with E-state index in [2.05, 4.69) is 0 Å². The van der Waals surface area contributed by atoms with Gasteiger partial charge in [-0.3, -0.25) is 0 Å². The molecular formula is C9H21ClNO4+. The van der Waals surface area contributed by atoms with Crippen molar-refractivity contribution in [1.29, 1.82) is 0 Å². The van der Waals surface area contributed by atoms with Gasteiger partial charge in [0.2, 0.25) is 0 Å². The normalized spacial score (nSPS) is 24.0. The van der Waals surface area contributed by atoms with Crippen LogP contribution in [0.1, 0.15) is 20.8 Å². The molecule has 4 N–H and O–H groups in total. The van der Waals surface area contributed by atoms with Crippen LogP contribution in [0.3, 0.4) is 0 Å². The largest absolute Gasteiger partial charge is 0.386 e. The second kappa shape index (κ2) is 5.98. The monoisotopic (exact) mass is 242 g/mol. The van der Waals surface area contributed by atoms with Crippen LogP contribution in [0.2, 0.25) is 0 Å². The van der Waals surface area contributed by atoms with Crippen LogP contribution >= 0.6 is 11.6 Å². The first-order chi connectivity index (χ1) is 6.78. The smallest absolute Gasteiger partial charge is 0.191 e. The van der Waals surface area contributed by atoms with Gasteiger partial charge in [-0.05, 0) is 0 Å². The molecule has 0 aromatic carbocycles. The minimum Gasteiger partial charge on any atom is -0.386 e. The van der Waals surface area contributed by atoms with Crippen molar-refractivity contribution in [1.82, 2.24) is 0 Å². The SMILES string of the molecule is CC(O)[N+](CC(O)CCl)(C(C)O)C(C)O. The topological polar surface area (TPSA) is 80.9 Å². The molecule has 0 aliphatic rings. The van der Waals surface area contributed by atoms with Gasteiger partial charge >= 0.3 is 0 Å². The van der Waals surface area contributed by atoms with E-state index in [0.717, 1.165) is 0 Å². The van der Waals surface area contributed by atoms with Gasteiger partial charge in [-0.1, -0.05) is 0 Å². The third-order valence-electron chi connectivity index (χ3n) is 2.79. The molecule has 0 saturated carbocycles. The van der Waals surface area contributed by atoms with Crippen LogP contribution in [-0.4, -0.2) is 62.1 Å². The zero-order chi connectivity index (χ0) is 12.2. The molecule has 0 fully saturated rings. The fraction of sp³-hybridized carbons (Fsp3) is 1.00. The predicted molar refractivity (Wildman–Crippen MR) is 56.9 cm³/mol. The van der Waals surface area contributed by atoms with Gasteiger partial charge in [0.1, 0.15) is 12.6 Å². The number of halogens is 1. The Bertz CT molecular complexity index is 165. The molecule has 0 spiro atoms. The average molecular weight is 243 g/mol. The minimum atomic E-state index is -0.997. The molecule has 92 valence electrons. The highest BCUT2D eigenvalue weighted by atomic mass is 35.5. The Morgan fingerprint density at radius 2 is 1.27 bits per heavy atom. The molecule has 15 heavy (non-hydrogen) atoms.